The second-order valence-corrected chi connectivity index (χ2v) is 4.86. The standard InChI is InChI=1S/C13H17NO4S/c1-18-10-5-3-9(4-6-10)12(15)14-11(13(16)17)7-8-19-2/h3-6,11H,7-8H2,1-2H3,(H,14,15)(H,16,17)/t11-/m0/s1. The number of nitrogens with one attached hydrogen (secondary N) is 1. The predicted octanol–water partition coefficient (Wildman–Crippen LogP) is 1.63. The van der Waals surface area contributed by atoms with Gasteiger partial charge in [-0.1, -0.05) is 0 Å². The van der Waals surface area contributed by atoms with E-state index >= 15 is 0 Å². The maximum atomic E-state index is 11.9. The summed E-state index contributed by atoms with van der Waals surface area (Å²) < 4.78 is 4.99. The molecule has 2 N–H and O–H groups in total. The van der Waals surface area contributed by atoms with Crippen molar-refractivity contribution < 1.29 is 19.4 Å². The zero-order valence-corrected chi connectivity index (χ0v) is 11.7. The lowest BCUT2D eigenvalue weighted by molar-refractivity contribution is -0.139. The van der Waals surface area contributed by atoms with Gasteiger partial charge in [-0.25, -0.2) is 4.79 Å². The molecule has 0 bridgehead atoms. The summed E-state index contributed by atoms with van der Waals surface area (Å²) in [5.41, 5.74) is 0.413. The number of aliphatic carboxylic acids is 1. The number of hydrogen-bond acceptors (Lipinski definition) is 4. The van der Waals surface area contributed by atoms with Crippen LogP contribution in [0.25, 0.3) is 0 Å². The van der Waals surface area contributed by atoms with Gasteiger partial charge in [-0.15, -0.1) is 0 Å². The molecule has 0 unspecified atom stereocenters. The summed E-state index contributed by atoms with van der Waals surface area (Å²) in [4.78, 5) is 22.9. The first-order valence-electron chi connectivity index (χ1n) is 5.75. The average Bonchev–Trinajstić information content (AvgIpc) is 2.43. The summed E-state index contributed by atoms with van der Waals surface area (Å²) in [6, 6.07) is 5.66. The van der Waals surface area contributed by atoms with Crippen LogP contribution in [0.1, 0.15) is 16.8 Å². The van der Waals surface area contributed by atoms with Gasteiger partial charge in [-0.05, 0) is 42.7 Å². The third-order valence-corrected chi connectivity index (χ3v) is 3.21. The van der Waals surface area contributed by atoms with Crippen LogP contribution in [-0.2, 0) is 4.79 Å². The number of methoxy groups -OCH3 is 1. The van der Waals surface area contributed by atoms with Gasteiger partial charge in [0.25, 0.3) is 5.91 Å². The molecule has 0 radical (unpaired) electrons. The zero-order valence-electron chi connectivity index (χ0n) is 10.9. The monoisotopic (exact) mass is 283 g/mol. The molecule has 1 rings (SSSR count). The van der Waals surface area contributed by atoms with Crippen molar-refractivity contribution in [1.29, 1.82) is 0 Å². The van der Waals surface area contributed by atoms with Crippen LogP contribution >= 0.6 is 11.8 Å². The molecule has 0 aliphatic carbocycles. The van der Waals surface area contributed by atoms with Crippen molar-refractivity contribution in [3.63, 3.8) is 0 Å². The SMILES string of the molecule is COc1ccc(C(=O)N[C@@H](CCSC)C(=O)O)cc1. The first kappa shape index (κ1) is 15.4. The second-order valence-electron chi connectivity index (χ2n) is 3.87. The van der Waals surface area contributed by atoms with Crippen molar-refractivity contribution in [3.05, 3.63) is 29.8 Å². The fourth-order valence-electron chi connectivity index (χ4n) is 1.48. The number of amides is 1. The number of hydrogen-bond donors (Lipinski definition) is 2. The van der Waals surface area contributed by atoms with Crippen LogP contribution in [0.15, 0.2) is 24.3 Å². The van der Waals surface area contributed by atoms with Crippen molar-refractivity contribution in [1.82, 2.24) is 5.32 Å². The van der Waals surface area contributed by atoms with E-state index < -0.39 is 17.9 Å². The molecule has 1 atom stereocenters. The number of carboxylic acids is 1. The summed E-state index contributed by atoms with van der Waals surface area (Å²) in [5.74, 6) is -0.0827. The van der Waals surface area contributed by atoms with Crippen LogP contribution in [-0.4, -0.2) is 42.1 Å². The van der Waals surface area contributed by atoms with E-state index in [0.717, 1.165) is 0 Å². The number of carbonyl (C=O) groups excluding carboxylic acids is 1. The topological polar surface area (TPSA) is 75.6 Å². The molecule has 104 valence electrons. The smallest absolute Gasteiger partial charge is 0.326 e. The fourth-order valence-corrected chi connectivity index (χ4v) is 1.95. The van der Waals surface area contributed by atoms with E-state index in [1.807, 2.05) is 6.26 Å². The molecule has 19 heavy (non-hydrogen) atoms. The molecular formula is C13H17NO4S. The minimum atomic E-state index is -1.02. The van der Waals surface area contributed by atoms with E-state index in [1.54, 1.807) is 36.0 Å². The quantitative estimate of drug-likeness (QED) is 0.795. The molecule has 1 amide bonds. The highest BCUT2D eigenvalue weighted by molar-refractivity contribution is 7.98. The summed E-state index contributed by atoms with van der Waals surface area (Å²) in [7, 11) is 1.54. The van der Waals surface area contributed by atoms with Gasteiger partial charge >= 0.3 is 5.97 Å². The van der Waals surface area contributed by atoms with Crippen LogP contribution in [0.3, 0.4) is 0 Å². The molecule has 0 fully saturated rings. The number of thioether (sulfide) groups is 1. The van der Waals surface area contributed by atoms with Gasteiger partial charge in [-0.2, -0.15) is 11.8 Å². The van der Waals surface area contributed by atoms with Gasteiger partial charge in [-0.3, -0.25) is 4.79 Å². The highest BCUT2D eigenvalue weighted by Crippen LogP contribution is 2.11. The number of benzene rings is 1. The Balaban J connectivity index is 2.67. The summed E-state index contributed by atoms with van der Waals surface area (Å²) in [6.45, 7) is 0. The molecule has 1 aromatic carbocycles. The van der Waals surface area contributed by atoms with Gasteiger partial charge in [0, 0.05) is 5.56 Å². The molecule has 0 spiro atoms. The lowest BCUT2D eigenvalue weighted by atomic mass is 10.1. The van der Waals surface area contributed by atoms with Gasteiger partial charge in [0.2, 0.25) is 0 Å². The van der Waals surface area contributed by atoms with Crippen LogP contribution in [0, 0.1) is 0 Å². The lowest BCUT2D eigenvalue weighted by Crippen LogP contribution is -2.41. The number of ether oxygens (including phenoxy) is 1. The van der Waals surface area contributed by atoms with E-state index in [9.17, 15) is 9.59 Å². The van der Waals surface area contributed by atoms with Crippen molar-refractivity contribution in [2.24, 2.45) is 0 Å². The largest absolute Gasteiger partial charge is 0.497 e. The third kappa shape index (κ3) is 4.82. The summed E-state index contributed by atoms with van der Waals surface area (Å²) in [6.07, 6.45) is 2.29. The Hall–Kier alpha value is -1.69. The van der Waals surface area contributed by atoms with Crippen LogP contribution in [0.5, 0.6) is 5.75 Å². The molecule has 5 nitrogen and oxygen atoms in total. The van der Waals surface area contributed by atoms with Crippen LogP contribution in [0.2, 0.25) is 0 Å². The Morgan fingerprint density at radius 1 is 1.37 bits per heavy atom. The summed E-state index contributed by atoms with van der Waals surface area (Å²) >= 11 is 1.54. The normalized spacial score (nSPS) is 11.7. The zero-order chi connectivity index (χ0) is 14.3. The molecule has 0 aliphatic rings. The minimum Gasteiger partial charge on any atom is -0.497 e. The molecule has 0 heterocycles. The number of carbonyl (C=O) groups is 2. The predicted molar refractivity (Wildman–Crippen MR) is 74.9 cm³/mol. The van der Waals surface area contributed by atoms with E-state index in [2.05, 4.69) is 5.32 Å². The van der Waals surface area contributed by atoms with Gasteiger partial charge in [0.1, 0.15) is 11.8 Å². The molecule has 1 aromatic rings. The van der Waals surface area contributed by atoms with E-state index in [0.29, 0.717) is 23.5 Å². The van der Waals surface area contributed by atoms with E-state index in [-0.39, 0.29) is 0 Å². The Morgan fingerprint density at radius 3 is 2.47 bits per heavy atom. The Bertz CT molecular complexity index is 433. The average molecular weight is 283 g/mol. The van der Waals surface area contributed by atoms with Gasteiger partial charge < -0.3 is 15.2 Å². The summed E-state index contributed by atoms with van der Waals surface area (Å²) in [5, 5.41) is 11.5. The van der Waals surface area contributed by atoms with Crippen molar-refractivity contribution in [2.75, 3.05) is 19.1 Å². The third-order valence-electron chi connectivity index (χ3n) is 2.57. The molecule has 0 saturated carbocycles. The first-order valence-corrected chi connectivity index (χ1v) is 7.14. The maximum Gasteiger partial charge on any atom is 0.326 e. The fraction of sp³-hybridized carbons (Fsp3) is 0.385. The molecular weight excluding hydrogens is 266 g/mol. The first-order chi connectivity index (χ1) is 9.08. The lowest BCUT2D eigenvalue weighted by Gasteiger charge is -2.14. The van der Waals surface area contributed by atoms with Crippen LogP contribution < -0.4 is 10.1 Å². The minimum absolute atomic E-state index is 0.392. The Kier molecular flexibility index (Phi) is 6.21. The number of rotatable bonds is 7. The highest BCUT2D eigenvalue weighted by Gasteiger charge is 2.19. The van der Waals surface area contributed by atoms with Crippen molar-refractivity contribution in [3.8, 4) is 5.75 Å². The van der Waals surface area contributed by atoms with E-state index in [4.69, 9.17) is 9.84 Å². The molecule has 0 saturated heterocycles. The van der Waals surface area contributed by atoms with Gasteiger partial charge in [0.15, 0.2) is 0 Å². The van der Waals surface area contributed by atoms with Crippen LogP contribution in [0.4, 0.5) is 0 Å². The highest BCUT2D eigenvalue weighted by atomic mass is 32.2. The van der Waals surface area contributed by atoms with Gasteiger partial charge in [0.05, 0.1) is 7.11 Å². The molecule has 6 heteroatoms. The van der Waals surface area contributed by atoms with Crippen molar-refractivity contribution in [2.45, 2.75) is 12.5 Å². The molecule has 0 aromatic heterocycles. The molecule has 0 aliphatic heterocycles. The maximum absolute atomic E-state index is 11.9. The second kappa shape index (κ2) is 7.68. The Labute approximate surface area is 116 Å². The van der Waals surface area contributed by atoms with Crippen molar-refractivity contribution >= 4 is 23.6 Å². The Morgan fingerprint density at radius 2 is 2.00 bits per heavy atom. The van der Waals surface area contributed by atoms with E-state index in [1.165, 1.54) is 7.11 Å². The number of carboxylic acid groups (broad SMARTS) is 1.